The molecule has 0 heterocycles. The van der Waals surface area contributed by atoms with Crippen LogP contribution in [0.2, 0.25) is 0 Å². The predicted octanol–water partition coefficient (Wildman–Crippen LogP) is 2.48. The molecule has 128 valence electrons. The van der Waals surface area contributed by atoms with Crippen LogP contribution in [0, 0.1) is 11.3 Å². The topological polar surface area (TPSA) is 96.3 Å². The molecule has 0 spiro atoms. The normalized spacial score (nSPS) is 12.5. The second kappa shape index (κ2) is 8.22. The first kappa shape index (κ1) is 18.4. The van der Waals surface area contributed by atoms with Crippen LogP contribution < -0.4 is 5.32 Å². The molecule has 2 aromatic rings. The Morgan fingerprint density at radius 3 is 2.48 bits per heavy atom. The van der Waals surface area contributed by atoms with Crippen LogP contribution in [0.3, 0.4) is 0 Å². The van der Waals surface area contributed by atoms with Gasteiger partial charge in [-0.05, 0) is 49.4 Å². The van der Waals surface area contributed by atoms with E-state index in [9.17, 15) is 13.8 Å². The first-order valence-electron chi connectivity index (χ1n) is 7.36. The maximum atomic E-state index is 12.1. The zero-order valence-electron chi connectivity index (χ0n) is 13.7. The van der Waals surface area contributed by atoms with Crippen molar-refractivity contribution in [3.05, 3.63) is 59.7 Å². The molecule has 25 heavy (non-hydrogen) atoms. The number of anilines is 1. The number of benzene rings is 2. The highest BCUT2D eigenvalue weighted by Gasteiger charge is 2.19. The average molecular weight is 356 g/mol. The van der Waals surface area contributed by atoms with Crippen molar-refractivity contribution in [2.75, 3.05) is 11.6 Å². The lowest BCUT2D eigenvalue weighted by Gasteiger charge is -2.13. The Labute approximate surface area is 147 Å². The Balaban J connectivity index is 1.99. The molecular formula is C18H16N2O4S. The summed E-state index contributed by atoms with van der Waals surface area (Å²) in [6.45, 7) is 1.46. The molecule has 7 heteroatoms. The number of hydrogen-bond donors (Lipinski definition) is 1. The van der Waals surface area contributed by atoms with Gasteiger partial charge in [0, 0.05) is 27.6 Å². The summed E-state index contributed by atoms with van der Waals surface area (Å²) in [7, 11) is -1.13. The van der Waals surface area contributed by atoms with Crippen molar-refractivity contribution in [1.29, 1.82) is 5.26 Å². The SMILES string of the molecule is CC(OC(=O)c1ccc(S(C)=O)cc1)C(=O)Nc1cccc(C#N)c1. The maximum absolute atomic E-state index is 12.1. The van der Waals surface area contributed by atoms with E-state index in [0.29, 0.717) is 16.1 Å². The number of esters is 1. The highest BCUT2D eigenvalue weighted by molar-refractivity contribution is 7.84. The number of ether oxygens (including phenoxy) is 1. The third-order valence-electron chi connectivity index (χ3n) is 3.33. The van der Waals surface area contributed by atoms with Crippen LogP contribution in [0.4, 0.5) is 5.69 Å². The van der Waals surface area contributed by atoms with Gasteiger partial charge < -0.3 is 10.1 Å². The quantitative estimate of drug-likeness (QED) is 0.830. The van der Waals surface area contributed by atoms with Crippen LogP contribution in [0.15, 0.2) is 53.4 Å². The molecule has 1 amide bonds. The number of hydrogen-bond acceptors (Lipinski definition) is 5. The van der Waals surface area contributed by atoms with Crippen LogP contribution in [0.1, 0.15) is 22.8 Å². The van der Waals surface area contributed by atoms with E-state index in [0.717, 1.165) is 0 Å². The van der Waals surface area contributed by atoms with Crippen LogP contribution in [0.5, 0.6) is 0 Å². The van der Waals surface area contributed by atoms with Gasteiger partial charge in [-0.2, -0.15) is 5.26 Å². The molecule has 2 unspecified atom stereocenters. The molecule has 0 aliphatic heterocycles. The highest BCUT2D eigenvalue weighted by Crippen LogP contribution is 2.12. The first-order valence-corrected chi connectivity index (χ1v) is 8.92. The van der Waals surface area contributed by atoms with E-state index in [2.05, 4.69) is 5.32 Å². The van der Waals surface area contributed by atoms with E-state index in [-0.39, 0.29) is 5.56 Å². The highest BCUT2D eigenvalue weighted by atomic mass is 32.2. The second-order valence-corrected chi connectivity index (χ2v) is 6.59. The number of nitrogens with one attached hydrogen (secondary N) is 1. The van der Waals surface area contributed by atoms with E-state index in [1.54, 1.807) is 36.6 Å². The van der Waals surface area contributed by atoms with E-state index in [1.165, 1.54) is 25.1 Å². The summed E-state index contributed by atoms with van der Waals surface area (Å²) in [5.41, 5.74) is 1.12. The molecule has 2 rings (SSSR count). The van der Waals surface area contributed by atoms with Crippen molar-refractivity contribution >= 4 is 28.4 Å². The van der Waals surface area contributed by atoms with Crippen molar-refractivity contribution in [3.63, 3.8) is 0 Å². The molecule has 0 saturated heterocycles. The Kier molecular flexibility index (Phi) is 6.03. The van der Waals surface area contributed by atoms with E-state index in [4.69, 9.17) is 10.00 Å². The third kappa shape index (κ3) is 4.99. The molecule has 0 aliphatic carbocycles. The molecule has 0 aromatic heterocycles. The molecule has 1 N–H and O–H groups in total. The predicted molar refractivity (Wildman–Crippen MR) is 93.4 cm³/mol. The maximum Gasteiger partial charge on any atom is 0.338 e. The Morgan fingerprint density at radius 1 is 1.20 bits per heavy atom. The number of rotatable bonds is 5. The fourth-order valence-corrected chi connectivity index (χ4v) is 2.49. The largest absolute Gasteiger partial charge is 0.449 e. The summed E-state index contributed by atoms with van der Waals surface area (Å²) in [6.07, 6.45) is 0.527. The van der Waals surface area contributed by atoms with Crippen LogP contribution >= 0.6 is 0 Å². The molecule has 0 bridgehead atoms. The molecule has 0 aliphatic rings. The van der Waals surface area contributed by atoms with Crippen molar-refractivity contribution in [3.8, 4) is 6.07 Å². The average Bonchev–Trinajstić information content (AvgIpc) is 2.61. The standard InChI is InChI=1S/C18H16N2O4S/c1-12(17(21)20-15-5-3-4-13(10-15)11-19)24-18(22)14-6-8-16(9-7-14)25(2)23/h3-10,12H,1-2H3,(H,20,21). The number of nitriles is 1. The zero-order valence-corrected chi connectivity index (χ0v) is 14.5. The fourth-order valence-electron chi connectivity index (χ4n) is 1.98. The van der Waals surface area contributed by atoms with Crippen molar-refractivity contribution in [1.82, 2.24) is 0 Å². The summed E-state index contributed by atoms with van der Waals surface area (Å²) in [5, 5.41) is 11.4. The van der Waals surface area contributed by atoms with E-state index >= 15 is 0 Å². The van der Waals surface area contributed by atoms with Gasteiger partial charge in [0.2, 0.25) is 0 Å². The Morgan fingerprint density at radius 2 is 1.88 bits per heavy atom. The van der Waals surface area contributed by atoms with Gasteiger partial charge in [-0.3, -0.25) is 9.00 Å². The van der Waals surface area contributed by atoms with Gasteiger partial charge in [-0.1, -0.05) is 6.07 Å². The molecular weight excluding hydrogens is 340 g/mol. The van der Waals surface area contributed by atoms with Gasteiger partial charge in [0.25, 0.3) is 5.91 Å². The summed E-state index contributed by atoms with van der Waals surface area (Å²) in [6, 6.07) is 14.5. The minimum Gasteiger partial charge on any atom is -0.449 e. The Bertz CT molecular complexity index is 856. The van der Waals surface area contributed by atoms with Gasteiger partial charge in [0.05, 0.1) is 17.2 Å². The van der Waals surface area contributed by atoms with Gasteiger partial charge in [0.1, 0.15) is 0 Å². The fraction of sp³-hybridized carbons (Fsp3) is 0.167. The number of carbonyl (C=O) groups is 2. The molecule has 6 nitrogen and oxygen atoms in total. The lowest BCUT2D eigenvalue weighted by atomic mass is 10.2. The smallest absolute Gasteiger partial charge is 0.338 e. The zero-order chi connectivity index (χ0) is 18.4. The van der Waals surface area contributed by atoms with Crippen molar-refractivity contribution < 1.29 is 18.5 Å². The number of nitrogens with zero attached hydrogens (tertiary/aromatic N) is 1. The third-order valence-corrected chi connectivity index (χ3v) is 4.27. The van der Waals surface area contributed by atoms with Crippen LogP contribution in [0.25, 0.3) is 0 Å². The van der Waals surface area contributed by atoms with Gasteiger partial charge in [0.15, 0.2) is 6.10 Å². The van der Waals surface area contributed by atoms with Gasteiger partial charge in [-0.25, -0.2) is 4.79 Å². The van der Waals surface area contributed by atoms with Gasteiger partial charge >= 0.3 is 5.97 Å². The molecule has 2 aromatic carbocycles. The summed E-state index contributed by atoms with van der Waals surface area (Å²) in [5.74, 6) is -1.16. The summed E-state index contributed by atoms with van der Waals surface area (Å²) in [4.78, 5) is 24.8. The second-order valence-electron chi connectivity index (χ2n) is 5.21. The molecule has 0 saturated carbocycles. The summed E-state index contributed by atoms with van der Waals surface area (Å²) >= 11 is 0. The minimum absolute atomic E-state index is 0.264. The molecule has 0 radical (unpaired) electrons. The lowest BCUT2D eigenvalue weighted by molar-refractivity contribution is -0.123. The number of carbonyl (C=O) groups excluding carboxylic acids is 2. The lowest BCUT2D eigenvalue weighted by Crippen LogP contribution is -2.30. The van der Waals surface area contributed by atoms with Gasteiger partial charge in [-0.15, -0.1) is 0 Å². The first-order chi connectivity index (χ1) is 11.9. The Hall–Kier alpha value is -2.98. The van der Waals surface area contributed by atoms with E-state index in [1.807, 2.05) is 6.07 Å². The van der Waals surface area contributed by atoms with Crippen LogP contribution in [-0.4, -0.2) is 28.4 Å². The minimum atomic E-state index is -1.13. The summed E-state index contributed by atoms with van der Waals surface area (Å²) < 4.78 is 16.5. The van der Waals surface area contributed by atoms with Crippen LogP contribution in [-0.2, 0) is 20.3 Å². The monoisotopic (exact) mass is 356 g/mol. The molecule has 0 fully saturated rings. The number of amides is 1. The molecule has 2 atom stereocenters. The van der Waals surface area contributed by atoms with Crippen molar-refractivity contribution in [2.24, 2.45) is 0 Å². The van der Waals surface area contributed by atoms with E-state index < -0.39 is 28.8 Å². The van der Waals surface area contributed by atoms with Crippen molar-refractivity contribution in [2.45, 2.75) is 17.9 Å².